The van der Waals surface area contributed by atoms with Crippen LogP contribution in [0.3, 0.4) is 0 Å². The van der Waals surface area contributed by atoms with E-state index in [0.29, 0.717) is 5.56 Å². The largest absolute Gasteiger partial charge is 0.375 e. The van der Waals surface area contributed by atoms with E-state index in [1.165, 1.54) is 116 Å². The standard InChI is InChI=1S/C66H48BN3/c1-40-15-12-16-41(2)62(40)51-28-31-59-55(34-51)56-35-52(63-42(3)17-13-18-43(63)4)36-57-64-44(5)54(50-24-14-19-45(33-50)39-68)38-61-65(64)67(70(59)66(56)57)58-37-49(47-22-10-7-11-23-47)27-32-60(58)69(61)53-29-25-48(26-30-53)46-20-8-6-9-21-46/h6-38H,1-5H3. The van der Waals surface area contributed by atoms with Gasteiger partial charge >= 0.3 is 6.85 Å². The van der Waals surface area contributed by atoms with Crippen LogP contribution >= 0.6 is 0 Å². The summed E-state index contributed by atoms with van der Waals surface area (Å²) in [6, 6.07) is 76.1. The molecule has 3 heterocycles. The zero-order valence-electron chi connectivity index (χ0n) is 40.0. The Hall–Kier alpha value is -8.65. The van der Waals surface area contributed by atoms with Crippen molar-refractivity contribution in [2.75, 3.05) is 4.90 Å². The number of rotatable bonds is 6. The van der Waals surface area contributed by atoms with Crippen LogP contribution in [0.5, 0.6) is 0 Å². The molecule has 10 aromatic carbocycles. The van der Waals surface area contributed by atoms with Crippen molar-refractivity contribution in [3.05, 3.63) is 234 Å². The predicted molar refractivity (Wildman–Crippen MR) is 296 cm³/mol. The SMILES string of the molecule is Cc1cccc(C)c1-c1ccc2c(c1)c1cc(-c3c(C)cccc3C)cc3c1n2B1c2cc(-c4ccccc4)ccc2N(c2ccc(-c4ccccc4)cc2)c2cc(-c4cccc(C#N)c4)c(C)c-3c21. The molecule has 11 aromatic rings. The van der Waals surface area contributed by atoms with Crippen LogP contribution in [0, 0.1) is 45.9 Å². The molecule has 0 radical (unpaired) electrons. The molecular formula is C66H48BN3. The number of anilines is 3. The molecule has 0 saturated heterocycles. The first-order chi connectivity index (χ1) is 34.2. The Labute approximate surface area is 410 Å². The lowest BCUT2D eigenvalue weighted by molar-refractivity contribution is 1.25. The summed E-state index contributed by atoms with van der Waals surface area (Å²) in [6.45, 7) is 11.1. The fourth-order valence-electron chi connectivity index (χ4n) is 12.2. The summed E-state index contributed by atoms with van der Waals surface area (Å²) >= 11 is 0. The third-order valence-electron chi connectivity index (χ3n) is 15.3. The van der Waals surface area contributed by atoms with Crippen molar-refractivity contribution >= 4 is 56.6 Å². The molecule has 13 rings (SSSR count). The first-order valence-corrected chi connectivity index (χ1v) is 24.3. The van der Waals surface area contributed by atoms with E-state index in [9.17, 15) is 5.26 Å². The van der Waals surface area contributed by atoms with E-state index in [2.05, 4.69) is 238 Å². The first-order valence-electron chi connectivity index (χ1n) is 24.3. The van der Waals surface area contributed by atoms with E-state index in [0.717, 1.165) is 28.2 Å². The number of aromatic nitrogens is 1. The van der Waals surface area contributed by atoms with Crippen molar-refractivity contribution in [3.63, 3.8) is 0 Å². The molecule has 3 nitrogen and oxygen atoms in total. The Morgan fingerprint density at radius 1 is 0.414 bits per heavy atom. The second-order valence-electron chi connectivity index (χ2n) is 19.4. The smallest absolute Gasteiger partial charge is 0.333 e. The molecule has 0 amide bonds. The van der Waals surface area contributed by atoms with Crippen molar-refractivity contribution in [2.45, 2.75) is 34.6 Å². The minimum atomic E-state index is -0.161. The Balaban J connectivity index is 1.19. The van der Waals surface area contributed by atoms with Gasteiger partial charge in [-0.1, -0.05) is 140 Å². The van der Waals surface area contributed by atoms with Gasteiger partial charge in [-0.15, -0.1) is 0 Å². The molecule has 0 unspecified atom stereocenters. The van der Waals surface area contributed by atoms with Gasteiger partial charge in [0.05, 0.1) is 11.6 Å². The molecule has 0 fully saturated rings. The van der Waals surface area contributed by atoms with Crippen LogP contribution in [0.15, 0.2) is 200 Å². The summed E-state index contributed by atoms with van der Waals surface area (Å²) in [5, 5.41) is 12.7. The Bertz CT molecular complexity index is 3970. The summed E-state index contributed by atoms with van der Waals surface area (Å²) in [4.78, 5) is 2.51. The normalized spacial score (nSPS) is 12.3. The van der Waals surface area contributed by atoms with Crippen molar-refractivity contribution in [2.24, 2.45) is 0 Å². The van der Waals surface area contributed by atoms with E-state index in [-0.39, 0.29) is 6.85 Å². The molecule has 0 N–H and O–H groups in total. The molecule has 0 spiro atoms. The van der Waals surface area contributed by atoms with Crippen LogP contribution in [0.4, 0.5) is 17.1 Å². The van der Waals surface area contributed by atoms with Crippen LogP contribution in [0.1, 0.15) is 33.4 Å². The number of hydrogen-bond acceptors (Lipinski definition) is 2. The van der Waals surface area contributed by atoms with Gasteiger partial charge in [-0.2, -0.15) is 5.26 Å². The zero-order chi connectivity index (χ0) is 47.4. The van der Waals surface area contributed by atoms with Crippen LogP contribution in [0.2, 0.25) is 0 Å². The fourth-order valence-corrected chi connectivity index (χ4v) is 12.2. The number of fused-ring (bicyclic) bond motifs is 7. The molecular weight excluding hydrogens is 846 g/mol. The highest BCUT2D eigenvalue weighted by Gasteiger charge is 2.44. The summed E-state index contributed by atoms with van der Waals surface area (Å²) in [5.74, 6) is 0. The third kappa shape index (κ3) is 6.28. The van der Waals surface area contributed by atoms with Crippen molar-refractivity contribution in [1.82, 2.24) is 4.48 Å². The molecule has 0 saturated carbocycles. The number of aryl methyl sites for hydroxylation is 4. The Morgan fingerprint density at radius 3 is 1.66 bits per heavy atom. The monoisotopic (exact) mass is 893 g/mol. The van der Waals surface area contributed by atoms with Gasteiger partial charge in [-0.25, -0.2) is 0 Å². The minimum absolute atomic E-state index is 0.161. The fraction of sp³-hybridized carbons (Fsp3) is 0.0758. The molecule has 70 heavy (non-hydrogen) atoms. The highest BCUT2D eigenvalue weighted by molar-refractivity contribution is 6.90. The molecule has 330 valence electrons. The molecule has 2 aliphatic rings. The van der Waals surface area contributed by atoms with Crippen molar-refractivity contribution in [3.8, 4) is 72.8 Å². The van der Waals surface area contributed by atoms with Gasteiger partial charge in [0.2, 0.25) is 0 Å². The minimum Gasteiger partial charge on any atom is -0.375 e. The van der Waals surface area contributed by atoms with Gasteiger partial charge in [-0.05, 0) is 195 Å². The van der Waals surface area contributed by atoms with Gasteiger partial charge < -0.3 is 9.38 Å². The summed E-state index contributed by atoms with van der Waals surface area (Å²) < 4.78 is 2.69. The van der Waals surface area contributed by atoms with E-state index < -0.39 is 0 Å². The predicted octanol–water partition coefficient (Wildman–Crippen LogP) is 16.0. The number of hydrogen-bond donors (Lipinski definition) is 0. The van der Waals surface area contributed by atoms with Crippen LogP contribution < -0.4 is 15.8 Å². The summed E-state index contributed by atoms with van der Waals surface area (Å²) in [5.41, 5.74) is 29.7. The van der Waals surface area contributed by atoms with Crippen molar-refractivity contribution < 1.29 is 0 Å². The lowest BCUT2D eigenvalue weighted by Gasteiger charge is -2.42. The average Bonchev–Trinajstić information content (AvgIpc) is 3.71. The maximum Gasteiger partial charge on any atom is 0.333 e. The second-order valence-corrected chi connectivity index (χ2v) is 19.4. The summed E-state index contributed by atoms with van der Waals surface area (Å²) in [7, 11) is 0. The van der Waals surface area contributed by atoms with Gasteiger partial charge in [0.25, 0.3) is 0 Å². The van der Waals surface area contributed by atoms with Gasteiger partial charge in [0.15, 0.2) is 0 Å². The average molecular weight is 894 g/mol. The molecule has 0 atom stereocenters. The lowest BCUT2D eigenvalue weighted by atomic mass is 9.44. The highest BCUT2D eigenvalue weighted by atomic mass is 15.2. The van der Waals surface area contributed by atoms with Gasteiger partial charge in [0.1, 0.15) is 0 Å². The van der Waals surface area contributed by atoms with E-state index in [1.807, 2.05) is 12.1 Å². The van der Waals surface area contributed by atoms with Gasteiger partial charge in [-0.3, -0.25) is 0 Å². The third-order valence-corrected chi connectivity index (χ3v) is 15.3. The molecule has 0 bridgehead atoms. The zero-order valence-corrected chi connectivity index (χ0v) is 40.0. The van der Waals surface area contributed by atoms with Crippen LogP contribution in [0.25, 0.3) is 88.6 Å². The molecule has 0 aliphatic carbocycles. The molecule has 2 aliphatic heterocycles. The van der Waals surface area contributed by atoms with E-state index >= 15 is 0 Å². The van der Waals surface area contributed by atoms with Crippen LogP contribution in [-0.2, 0) is 0 Å². The Morgan fingerprint density at radius 2 is 0.986 bits per heavy atom. The number of benzene rings is 10. The van der Waals surface area contributed by atoms with E-state index in [4.69, 9.17) is 0 Å². The number of nitrogens with zero attached hydrogens (tertiary/aromatic N) is 3. The second kappa shape index (κ2) is 16.0. The topological polar surface area (TPSA) is 32.0 Å². The number of nitriles is 1. The Kier molecular flexibility index (Phi) is 9.48. The molecule has 4 heteroatoms. The van der Waals surface area contributed by atoms with Crippen molar-refractivity contribution in [1.29, 1.82) is 5.26 Å². The van der Waals surface area contributed by atoms with Crippen LogP contribution in [-0.4, -0.2) is 11.3 Å². The lowest BCUT2D eigenvalue weighted by Crippen LogP contribution is -2.57. The molecule has 1 aromatic heterocycles. The quantitative estimate of drug-likeness (QED) is 0.156. The first kappa shape index (κ1) is 41.5. The maximum absolute atomic E-state index is 10.2. The summed E-state index contributed by atoms with van der Waals surface area (Å²) in [6.07, 6.45) is 0. The van der Waals surface area contributed by atoms with Gasteiger partial charge in [0, 0.05) is 44.4 Å². The highest BCUT2D eigenvalue weighted by Crippen LogP contribution is 2.51. The van der Waals surface area contributed by atoms with E-state index in [1.54, 1.807) is 0 Å². The maximum atomic E-state index is 10.2.